The van der Waals surface area contributed by atoms with E-state index in [0.29, 0.717) is 5.56 Å². The molecule has 5 N–H and O–H groups in total. The number of sulfonamides is 1. The fraction of sp³-hybridized carbons (Fsp3) is 0.400. The van der Waals surface area contributed by atoms with E-state index in [4.69, 9.17) is 27.9 Å². The van der Waals surface area contributed by atoms with E-state index in [2.05, 4.69) is 0 Å². The highest BCUT2D eigenvalue weighted by molar-refractivity contribution is 7.89. The van der Waals surface area contributed by atoms with E-state index >= 15 is 0 Å². The number of hydrogen-bond acceptors (Lipinski definition) is 5. The minimum Gasteiger partial charge on any atom is -0.399 e. The summed E-state index contributed by atoms with van der Waals surface area (Å²) in [7, 11) is -5.65. The van der Waals surface area contributed by atoms with Gasteiger partial charge in [0.2, 0.25) is 10.0 Å². The zero-order valence-electron chi connectivity index (χ0n) is 26.3. The average molecular weight is 404 g/mol. The van der Waals surface area contributed by atoms with Crippen LogP contribution in [0.5, 0.6) is 0 Å². The Balaban J connectivity index is 2.91. The van der Waals surface area contributed by atoms with Crippen LogP contribution in [-0.2, 0) is 16.4 Å². The zero-order chi connectivity index (χ0) is 30.5. The third-order valence-electron chi connectivity index (χ3n) is 3.50. The number of aliphatic hydroxyl groups is 1. The van der Waals surface area contributed by atoms with E-state index < -0.39 is 70.4 Å². The molecule has 2 aromatic carbocycles. The Morgan fingerprint density at radius 3 is 2.37 bits per heavy atom. The fourth-order valence-electron chi connectivity index (χ4n) is 2.15. The van der Waals surface area contributed by atoms with Crippen molar-refractivity contribution in [2.45, 2.75) is 37.1 Å². The van der Waals surface area contributed by atoms with Crippen molar-refractivity contribution < 1.29 is 30.0 Å². The Bertz CT molecular complexity index is 1240. The van der Waals surface area contributed by atoms with Crippen molar-refractivity contribution in [2.24, 2.45) is 11.6 Å². The molecule has 0 aliphatic heterocycles. The smallest absolute Gasteiger partial charge is 0.243 e. The van der Waals surface area contributed by atoms with Gasteiger partial charge in [0.15, 0.2) is 0 Å². The van der Waals surface area contributed by atoms with Crippen LogP contribution in [0.2, 0.25) is 0 Å². The predicted octanol–water partition coefficient (Wildman–Crippen LogP) is 1.85. The molecule has 6 nitrogen and oxygen atoms in total. The molecule has 0 unspecified atom stereocenters. The zero-order valence-corrected chi connectivity index (χ0v) is 15.1. The number of nitrogens with two attached hydrogens (primary N) is 2. The van der Waals surface area contributed by atoms with Gasteiger partial charge in [-0.3, -0.25) is 0 Å². The Morgan fingerprint density at radius 2 is 1.78 bits per heavy atom. The lowest BCUT2D eigenvalue weighted by molar-refractivity contribution is 0.116. The molecule has 0 heterocycles. The van der Waals surface area contributed by atoms with Gasteiger partial charge < -0.3 is 16.6 Å². The minimum absolute atomic E-state index is 0.0354. The summed E-state index contributed by atoms with van der Waals surface area (Å²) in [6.07, 6.45) is -4.15. The highest BCUT2D eigenvalue weighted by Crippen LogP contribution is 2.19. The second kappa shape index (κ2) is 9.32. The van der Waals surface area contributed by atoms with Gasteiger partial charge in [0.1, 0.15) is 0 Å². The van der Waals surface area contributed by atoms with Gasteiger partial charge in [-0.25, -0.2) is 8.42 Å². The van der Waals surface area contributed by atoms with Crippen molar-refractivity contribution in [3.63, 3.8) is 0 Å². The summed E-state index contributed by atoms with van der Waals surface area (Å²) in [6.45, 7) is -16.7. The molecule has 0 amide bonds. The summed E-state index contributed by atoms with van der Waals surface area (Å²) in [6, 6.07) is 9.48. The molecule has 0 aliphatic carbocycles. The average Bonchev–Trinajstić information content (AvgIpc) is 2.77. The molecule has 2 rings (SSSR count). The van der Waals surface area contributed by atoms with Crippen LogP contribution in [0.4, 0.5) is 5.69 Å². The number of nitrogens with zero attached hydrogens (tertiary/aromatic N) is 1. The van der Waals surface area contributed by atoms with Crippen molar-refractivity contribution in [3.05, 3.63) is 60.2 Å². The Morgan fingerprint density at radius 1 is 1.15 bits per heavy atom. The van der Waals surface area contributed by atoms with Crippen LogP contribution in [0.15, 0.2) is 59.5 Å². The molecule has 0 spiro atoms. The lowest BCUT2D eigenvalue weighted by atomic mass is 10.0. The van der Waals surface area contributed by atoms with Crippen molar-refractivity contribution in [1.82, 2.24) is 4.31 Å². The summed E-state index contributed by atoms with van der Waals surface area (Å²) < 4.78 is 124. The molecule has 2 aromatic rings. The lowest BCUT2D eigenvalue weighted by Crippen LogP contribution is -2.47. The molecular weight excluding hydrogens is 362 g/mol. The minimum atomic E-state index is -5.65. The van der Waals surface area contributed by atoms with E-state index in [1.165, 1.54) is 12.1 Å². The normalized spacial score (nSPS) is 24.6. The molecule has 0 fully saturated rings. The van der Waals surface area contributed by atoms with Crippen LogP contribution in [0, 0.1) is 5.89 Å². The topological polar surface area (TPSA) is 110 Å². The van der Waals surface area contributed by atoms with Crippen LogP contribution in [0.3, 0.4) is 0 Å². The van der Waals surface area contributed by atoms with E-state index in [0.717, 1.165) is 24.3 Å². The van der Waals surface area contributed by atoms with Gasteiger partial charge in [0, 0.05) is 39.8 Å². The quantitative estimate of drug-likeness (QED) is 0.554. The summed E-state index contributed by atoms with van der Waals surface area (Å²) in [5.41, 5.74) is 11.9. The molecule has 0 saturated heterocycles. The van der Waals surface area contributed by atoms with Crippen LogP contribution < -0.4 is 11.5 Å². The number of nitrogen functional groups attached to an aromatic ring is 1. The van der Waals surface area contributed by atoms with Gasteiger partial charge in [-0.05, 0) is 42.1 Å². The number of anilines is 1. The van der Waals surface area contributed by atoms with Crippen molar-refractivity contribution in [1.29, 1.82) is 0 Å². The highest BCUT2D eigenvalue weighted by atomic mass is 32.2. The predicted molar refractivity (Wildman–Crippen MR) is 109 cm³/mol. The van der Waals surface area contributed by atoms with E-state index in [9.17, 15) is 13.5 Å². The monoisotopic (exact) mass is 403 g/mol. The Hall–Kier alpha value is -1.93. The van der Waals surface area contributed by atoms with Gasteiger partial charge in [-0.15, -0.1) is 0 Å². The van der Waals surface area contributed by atoms with Gasteiger partial charge >= 0.3 is 0 Å². The van der Waals surface area contributed by atoms with E-state index in [1.807, 2.05) is 0 Å². The molecule has 0 aliphatic rings. The third-order valence-corrected chi connectivity index (χ3v) is 5.03. The maximum Gasteiger partial charge on any atom is 0.243 e. The van der Waals surface area contributed by atoms with Crippen LogP contribution in [0.25, 0.3) is 0 Å². The second-order valence-electron chi connectivity index (χ2n) is 5.62. The third kappa shape index (κ3) is 6.04. The maximum absolute atomic E-state index is 13.8. The first-order valence-corrected chi connectivity index (χ1v) is 9.24. The Labute approximate surface area is 178 Å². The first kappa shape index (κ1) is 10.0. The standard InChI is InChI=1S/C20H29N3O3S/c1-15(2)13-23(27(25,26)18-10-8-17(21)9-11-18)14-20(24)19(22)12-16-6-4-3-5-7-16/h3-11,15,19-20,24H,12-14,21-22H2,1-2H3/t19-,20+/m0/s1/i1D3,2D3,13D2,14D2,15D,20D. The lowest BCUT2D eigenvalue weighted by Gasteiger charge is -2.28. The van der Waals surface area contributed by atoms with Crippen molar-refractivity contribution in [2.75, 3.05) is 18.7 Å². The number of benzene rings is 2. The van der Waals surface area contributed by atoms with Crippen LogP contribution >= 0.6 is 0 Å². The molecular formula is C20H29N3O3S. The fourth-order valence-corrected chi connectivity index (χ4v) is 3.26. The number of rotatable bonds is 9. The highest BCUT2D eigenvalue weighted by Gasteiger charge is 2.29. The first-order chi connectivity index (χ1) is 17.4. The summed E-state index contributed by atoms with van der Waals surface area (Å²) in [4.78, 5) is -0.893. The van der Waals surface area contributed by atoms with Crippen LogP contribution in [0.1, 0.15) is 35.7 Å². The number of hydrogen-bond donors (Lipinski definition) is 3. The molecule has 0 radical (unpaired) electrons. The molecule has 0 aromatic heterocycles. The van der Waals surface area contributed by atoms with E-state index in [-0.39, 0.29) is 5.69 Å². The molecule has 148 valence electrons. The molecule has 0 saturated carbocycles. The second-order valence-corrected chi connectivity index (χ2v) is 7.41. The SMILES string of the molecule is [2H]C([2H])([2H])C([2H])(C([2H])([2H])[2H])C([2H])([2H])N(C([2H])([2H])[C@@]([2H])(O)[C@@H](N)Cc1ccccc1)S(=O)(=O)c1ccc(N)cc1. The summed E-state index contributed by atoms with van der Waals surface area (Å²) in [5.74, 6) is -4.32. The maximum atomic E-state index is 13.8. The van der Waals surface area contributed by atoms with Gasteiger partial charge in [-0.2, -0.15) is 4.31 Å². The molecule has 27 heavy (non-hydrogen) atoms. The van der Waals surface area contributed by atoms with E-state index in [1.54, 1.807) is 18.2 Å². The molecule has 7 heteroatoms. The largest absolute Gasteiger partial charge is 0.399 e. The van der Waals surface area contributed by atoms with Crippen molar-refractivity contribution in [3.8, 4) is 0 Å². The summed E-state index contributed by atoms with van der Waals surface area (Å²) in [5, 5.41) is 11.1. The molecule has 0 bridgehead atoms. The van der Waals surface area contributed by atoms with Gasteiger partial charge in [0.05, 0.1) is 12.3 Å². The van der Waals surface area contributed by atoms with Crippen LogP contribution in [-0.4, -0.2) is 42.9 Å². The molecule has 2 atom stereocenters. The Kier molecular flexibility index (Phi) is 3.46. The van der Waals surface area contributed by atoms with Crippen molar-refractivity contribution >= 4 is 15.7 Å². The summed E-state index contributed by atoms with van der Waals surface area (Å²) >= 11 is 0. The van der Waals surface area contributed by atoms with Gasteiger partial charge in [0.25, 0.3) is 0 Å². The van der Waals surface area contributed by atoms with Gasteiger partial charge in [-0.1, -0.05) is 44.0 Å². The first-order valence-electron chi connectivity index (χ1n) is 13.8.